The zero-order chi connectivity index (χ0) is 41.2. The summed E-state index contributed by atoms with van der Waals surface area (Å²) in [4.78, 5) is 14.8. The van der Waals surface area contributed by atoms with Gasteiger partial charge in [-0.05, 0) is 106 Å². The van der Waals surface area contributed by atoms with Gasteiger partial charge in [-0.1, -0.05) is 97.0 Å². The van der Waals surface area contributed by atoms with Crippen molar-refractivity contribution in [1.82, 2.24) is 4.98 Å². The first-order valence-electron chi connectivity index (χ1n) is 19.1. The molecule has 0 bridgehead atoms. The number of hydrogen-bond acceptors (Lipinski definition) is 2. The molecule has 0 unspecified atom stereocenters. The zero-order valence-corrected chi connectivity index (χ0v) is 36.0. The van der Waals surface area contributed by atoms with E-state index >= 15 is 0 Å². The maximum atomic E-state index is 13.8. The molecule has 303 valence electrons. The second-order valence-corrected chi connectivity index (χ2v) is 15.3. The summed E-state index contributed by atoms with van der Waals surface area (Å²) in [5.74, 6) is -4.31. The molecular weight excluding hydrogens is 910 g/mol. The average molecular weight is 960 g/mol. The van der Waals surface area contributed by atoms with E-state index in [0.29, 0.717) is 22.3 Å². The third kappa shape index (κ3) is 9.31. The SMILES string of the molecule is CCC(C)(CC)C(=[OH+])/C=C(\O)C(C)(CC)CC.Cc1[c-]c(-c2nccc3c2ccc2cc(-c4ccc5cc(C(F)(F)C(F)(F)F)ccc5c4)ccc23)cc(C)c1.[Ir]. The maximum absolute atomic E-state index is 13.8. The van der Waals surface area contributed by atoms with Gasteiger partial charge in [0, 0.05) is 37.3 Å². The molecule has 57 heavy (non-hydrogen) atoms. The molecule has 0 atom stereocenters. The Morgan fingerprint density at radius 2 is 1.23 bits per heavy atom. The molecule has 0 amide bonds. The van der Waals surface area contributed by atoms with Crippen LogP contribution in [0.4, 0.5) is 22.0 Å². The van der Waals surface area contributed by atoms with Crippen molar-refractivity contribution >= 4 is 38.1 Å². The largest absolute Gasteiger partial charge is 0.511 e. The van der Waals surface area contributed by atoms with Crippen molar-refractivity contribution < 1.29 is 52.0 Å². The van der Waals surface area contributed by atoms with E-state index in [9.17, 15) is 31.9 Å². The molecule has 0 saturated heterocycles. The molecule has 6 aromatic rings. The molecule has 1 heterocycles. The summed E-state index contributed by atoms with van der Waals surface area (Å²) >= 11 is 0. The van der Waals surface area contributed by atoms with Crippen molar-refractivity contribution in [3.8, 4) is 22.4 Å². The fraction of sp³-hybridized carbons (Fsp3) is 0.333. The van der Waals surface area contributed by atoms with Crippen LogP contribution in [0.2, 0.25) is 0 Å². The Morgan fingerprint density at radius 3 is 1.82 bits per heavy atom. The van der Waals surface area contributed by atoms with E-state index in [1.54, 1.807) is 30.5 Å². The number of alkyl halides is 5. The molecule has 0 saturated carbocycles. The van der Waals surface area contributed by atoms with Gasteiger partial charge in [0.2, 0.25) is 0 Å². The van der Waals surface area contributed by atoms with Gasteiger partial charge in [0.05, 0.1) is 11.5 Å². The Morgan fingerprint density at radius 1 is 0.684 bits per heavy atom. The second-order valence-electron chi connectivity index (χ2n) is 15.3. The van der Waals surface area contributed by atoms with E-state index in [4.69, 9.17) is 0 Å². The standard InChI is InChI=1S/C33H21F5N.C15H28O2.Ir/c1-19-13-20(2)15-26(14-19)31-30-10-7-25-17-23(6-9-28(25)29(30)11-12-39-31)21-3-4-24-18-27(8-5-22(24)16-21)32(34,35)33(36,37)38;1-7-14(5,8-2)12(16)11-13(17)15(6,9-3)10-4;/h3-14,16-18H,1-2H3;11,16H,7-10H2,1-6H3;/q-1;;/p+1/b;12-11-;. The summed E-state index contributed by atoms with van der Waals surface area (Å²) in [6.45, 7) is 16.4. The third-order valence-corrected chi connectivity index (χ3v) is 11.7. The minimum Gasteiger partial charge on any atom is -0.511 e. The summed E-state index contributed by atoms with van der Waals surface area (Å²) in [6.07, 6.45) is 1.20. The number of aromatic nitrogens is 1. The van der Waals surface area contributed by atoms with Crippen molar-refractivity contribution in [1.29, 1.82) is 0 Å². The van der Waals surface area contributed by atoms with Crippen LogP contribution in [0, 0.1) is 30.7 Å². The van der Waals surface area contributed by atoms with E-state index in [1.807, 2.05) is 51.1 Å². The fourth-order valence-electron chi connectivity index (χ4n) is 6.90. The van der Waals surface area contributed by atoms with Crippen LogP contribution in [0.1, 0.15) is 83.9 Å². The summed E-state index contributed by atoms with van der Waals surface area (Å²) in [5.41, 5.74) is 4.23. The number of ketones is 1. The van der Waals surface area contributed by atoms with E-state index in [-0.39, 0.29) is 30.9 Å². The van der Waals surface area contributed by atoms with Gasteiger partial charge in [0.25, 0.3) is 0 Å². The Labute approximate surface area is 345 Å². The molecule has 2 N–H and O–H groups in total. The Bertz CT molecular complexity index is 2410. The van der Waals surface area contributed by atoms with E-state index in [1.165, 1.54) is 6.07 Å². The maximum Gasteiger partial charge on any atom is 0.458 e. The fourth-order valence-corrected chi connectivity index (χ4v) is 6.90. The number of aliphatic hydroxyl groups is 1. The molecular formula is C48H50F5IrNO2. The quantitative estimate of drug-likeness (QED) is 0.0371. The van der Waals surface area contributed by atoms with Gasteiger partial charge in [0.15, 0.2) is 0 Å². The van der Waals surface area contributed by atoms with Gasteiger partial charge in [-0.3, -0.25) is 4.79 Å². The molecule has 0 spiro atoms. The van der Waals surface area contributed by atoms with Crippen molar-refractivity contribution in [2.45, 2.75) is 93.2 Å². The van der Waals surface area contributed by atoms with Crippen LogP contribution in [0.15, 0.2) is 103 Å². The minimum atomic E-state index is -5.65. The number of fused-ring (bicyclic) bond motifs is 4. The third-order valence-electron chi connectivity index (χ3n) is 11.7. The number of aryl methyl sites for hydroxylation is 2. The first-order valence-corrected chi connectivity index (χ1v) is 19.1. The Balaban J connectivity index is 0.000000341. The van der Waals surface area contributed by atoms with Crippen molar-refractivity contribution in [2.24, 2.45) is 10.8 Å². The zero-order valence-electron chi connectivity index (χ0n) is 33.6. The molecule has 0 aliphatic heterocycles. The van der Waals surface area contributed by atoms with Crippen LogP contribution in [-0.2, 0) is 26.0 Å². The number of aliphatic hydroxyl groups excluding tert-OH is 1. The van der Waals surface area contributed by atoms with E-state index < -0.39 is 17.7 Å². The molecule has 0 aliphatic carbocycles. The molecule has 3 nitrogen and oxygen atoms in total. The van der Waals surface area contributed by atoms with Crippen LogP contribution >= 0.6 is 0 Å². The molecule has 0 aliphatic rings. The van der Waals surface area contributed by atoms with Gasteiger partial charge in [-0.15, -0.1) is 34.9 Å². The van der Waals surface area contributed by atoms with E-state index in [2.05, 4.69) is 63.9 Å². The molecule has 6 rings (SSSR count). The number of carbonyl (C=O) groups excluding carboxylic acids is 1. The van der Waals surface area contributed by atoms with Crippen LogP contribution in [0.5, 0.6) is 0 Å². The van der Waals surface area contributed by atoms with Gasteiger partial charge in [-0.25, -0.2) is 0 Å². The molecule has 1 aromatic heterocycles. The van der Waals surface area contributed by atoms with Crippen molar-refractivity contribution in [3.05, 3.63) is 126 Å². The number of hydrogen-bond donors (Lipinski definition) is 1. The van der Waals surface area contributed by atoms with Crippen LogP contribution < -0.4 is 0 Å². The number of benzene rings is 5. The first kappa shape index (κ1) is 45.2. The second kappa shape index (κ2) is 17.6. The van der Waals surface area contributed by atoms with Crippen LogP contribution in [0.3, 0.4) is 0 Å². The predicted molar refractivity (Wildman–Crippen MR) is 221 cm³/mol. The smallest absolute Gasteiger partial charge is 0.458 e. The van der Waals surface area contributed by atoms with Crippen LogP contribution in [0.25, 0.3) is 54.7 Å². The van der Waals surface area contributed by atoms with Crippen LogP contribution in [-0.4, -0.2) is 26.8 Å². The number of rotatable bonds is 10. The molecule has 9 heteroatoms. The van der Waals surface area contributed by atoms with Gasteiger partial charge in [-0.2, -0.15) is 22.0 Å². The number of halogens is 5. The predicted octanol–water partition coefficient (Wildman–Crippen LogP) is 14.6. The van der Waals surface area contributed by atoms with Gasteiger partial charge in [0.1, 0.15) is 5.76 Å². The summed E-state index contributed by atoms with van der Waals surface area (Å²) in [5, 5.41) is 15.2. The number of nitrogens with zero attached hydrogens (tertiary/aromatic N) is 1. The average Bonchev–Trinajstić information content (AvgIpc) is 3.18. The van der Waals surface area contributed by atoms with Gasteiger partial charge >= 0.3 is 17.9 Å². The summed E-state index contributed by atoms with van der Waals surface area (Å²) in [6, 6.07) is 27.9. The monoisotopic (exact) mass is 960 g/mol. The Kier molecular flexibility index (Phi) is 14.0. The molecule has 1 radical (unpaired) electrons. The van der Waals surface area contributed by atoms with Crippen molar-refractivity contribution in [3.63, 3.8) is 0 Å². The first-order chi connectivity index (χ1) is 26.3. The minimum absolute atomic E-state index is 0. The molecule has 5 aromatic carbocycles. The van der Waals surface area contributed by atoms with Gasteiger partial charge < -0.3 is 10.1 Å². The summed E-state index contributed by atoms with van der Waals surface area (Å²) < 4.78 is 66.1. The van der Waals surface area contributed by atoms with E-state index in [0.717, 1.165) is 92.9 Å². The van der Waals surface area contributed by atoms with Crippen molar-refractivity contribution in [2.75, 3.05) is 0 Å². The topological polar surface area (TPSA) is 54.5 Å². The number of pyridine rings is 1. The summed E-state index contributed by atoms with van der Waals surface area (Å²) in [7, 11) is 0. The molecule has 0 fully saturated rings. The number of allylic oxidation sites excluding steroid dienone is 2. The normalized spacial score (nSPS) is 12.7. The Hall–Kier alpha value is -4.46.